The molecule has 4 atom stereocenters. The molecular weight excluding hydrogens is 234 g/mol. The van der Waals surface area contributed by atoms with Crippen LogP contribution in [0.5, 0.6) is 0 Å². The minimum absolute atomic E-state index is 0.309. The first-order valence-corrected chi connectivity index (χ1v) is 7.12. The van der Waals surface area contributed by atoms with Gasteiger partial charge in [0.05, 0.1) is 6.10 Å². The van der Waals surface area contributed by atoms with E-state index >= 15 is 0 Å². The van der Waals surface area contributed by atoms with E-state index in [2.05, 4.69) is 63.2 Å². The number of hydrogen-bond donors (Lipinski definition) is 1. The second-order valence-corrected chi connectivity index (χ2v) is 6.03. The van der Waals surface area contributed by atoms with Crippen LogP contribution < -0.4 is 0 Å². The number of hydrogen-bond acceptors (Lipinski definition) is 2. The number of aliphatic hydroxyl groups is 1. The maximum absolute atomic E-state index is 10.4. The highest BCUT2D eigenvalue weighted by Gasteiger charge is 2.30. The summed E-state index contributed by atoms with van der Waals surface area (Å²) in [6.07, 6.45) is 2.80. The third-order valence-electron chi connectivity index (χ3n) is 4.47. The Hall–Kier alpha value is -1.12. The molecule has 0 aromatic heterocycles. The highest BCUT2D eigenvalue weighted by molar-refractivity contribution is 5.70. The van der Waals surface area contributed by atoms with Crippen LogP contribution in [-0.2, 0) is 0 Å². The van der Waals surface area contributed by atoms with Crippen LogP contribution in [0.2, 0.25) is 0 Å². The van der Waals surface area contributed by atoms with Crippen molar-refractivity contribution in [3.63, 3.8) is 0 Å². The molecule has 1 aromatic carbocycles. The summed E-state index contributed by atoms with van der Waals surface area (Å²) in [5.74, 6) is 0.823. The molecule has 1 N–H and O–H groups in total. The van der Waals surface area contributed by atoms with Gasteiger partial charge in [-0.25, -0.2) is 0 Å². The largest absolute Gasteiger partial charge is 0.389 e. The number of rotatable bonds is 2. The van der Waals surface area contributed by atoms with Crippen molar-refractivity contribution in [2.75, 3.05) is 14.1 Å². The van der Waals surface area contributed by atoms with Gasteiger partial charge in [0.25, 0.3) is 0 Å². The first-order chi connectivity index (χ1) is 9.00. The molecule has 0 spiro atoms. The second-order valence-electron chi connectivity index (χ2n) is 6.03. The molecule has 0 bridgehead atoms. The first kappa shape index (κ1) is 14.3. The Balaban J connectivity index is 2.43. The van der Waals surface area contributed by atoms with Crippen LogP contribution in [0.25, 0.3) is 5.57 Å². The summed E-state index contributed by atoms with van der Waals surface area (Å²) in [6.45, 7) is 4.39. The van der Waals surface area contributed by atoms with E-state index in [-0.39, 0.29) is 6.10 Å². The van der Waals surface area contributed by atoms with E-state index in [1.807, 2.05) is 6.07 Å². The predicted octanol–water partition coefficient (Wildman–Crippen LogP) is 3.04. The maximum atomic E-state index is 10.4. The third kappa shape index (κ3) is 3.07. The predicted molar refractivity (Wildman–Crippen MR) is 80.8 cm³/mol. The van der Waals surface area contributed by atoms with Gasteiger partial charge in [-0.2, -0.15) is 0 Å². The number of benzene rings is 1. The molecule has 1 aliphatic rings. The monoisotopic (exact) mass is 259 g/mol. The third-order valence-corrected chi connectivity index (χ3v) is 4.47. The molecule has 0 saturated carbocycles. The van der Waals surface area contributed by atoms with Crippen molar-refractivity contribution in [1.82, 2.24) is 4.90 Å². The van der Waals surface area contributed by atoms with Crippen molar-refractivity contribution < 1.29 is 5.11 Å². The zero-order chi connectivity index (χ0) is 14.0. The second kappa shape index (κ2) is 5.89. The standard InChI is InChI=1S/C17H25NO/c1-12-10-16(18(3)4)15(11-17(19)13(12)2)14-8-6-5-7-9-14/h5-9,11-13,16-17,19H,10H2,1-4H3/t12-,13+,16+,17+/m1/s1. The summed E-state index contributed by atoms with van der Waals surface area (Å²) < 4.78 is 0. The zero-order valence-electron chi connectivity index (χ0n) is 12.4. The average Bonchev–Trinajstić information content (AvgIpc) is 2.51. The summed E-state index contributed by atoms with van der Waals surface area (Å²) in [5.41, 5.74) is 2.48. The highest BCUT2D eigenvalue weighted by Crippen LogP contribution is 2.34. The van der Waals surface area contributed by atoms with E-state index in [4.69, 9.17) is 0 Å². The van der Waals surface area contributed by atoms with Crippen LogP contribution in [0.3, 0.4) is 0 Å². The lowest BCUT2D eigenvalue weighted by molar-refractivity contribution is 0.124. The average molecular weight is 259 g/mol. The van der Waals surface area contributed by atoms with Crippen molar-refractivity contribution in [3.8, 4) is 0 Å². The fraction of sp³-hybridized carbons (Fsp3) is 0.529. The van der Waals surface area contributed by atoms with Gasteiger partial charge < -0.3 is 10.0 Å². The highest BCUT2D eigenvalue weighted by atomic mass is 16.3. The minimum Gasteiger partial charge on any atom is -0.389 e. The van der Waals surface area contributed by atoms with Crippen LogP contribution in [-0.4, -0.2) is 36.2 Å². The molecule has 0 fully saturated rings. The van der Waals surface area contributed by atoms with Crippen LogP contribution in [0.1, 0.15) is 25.8 Å². The van der Waals surface area contributed by atoms with Gasteiger partial charge in [-0.15, -0.1) is 0 Å². The van der Waals surface area contributed by atoms with Crippen molar-refractivity contribution in [3.05, 3.63) is 42.0 Å². The molecule has 0 saturated heterocycles. The zero-order valence-corrected chi connectivity index (χ0v) is 12.4. The van der Waals surface area contributed by atoms with E-state index in [0.29, 0.717) is 17.9 Å². The number of aliphatic hydroxyl groups excluding tert-OH is 1. The normalized spacial score (nSPS) is 32.0. The molecule has 19 heavy (non-hydrogen) atoms. The van der Waals surface area contributed by atoms with Crippen LogP contribution in [0.15, 0.2) is 36.4 Å². The van der Waals surface area contributed by atoms with Gasteiger partial charge in [-0.3, -0.25) is 0 Å². The van der Waals surface area contributed by atoms with Crippen molar-refractivity contribution >= 4 is 5.57 Å². The van der Waals surface area contributed by atoms with Gasteiger partial charge in [-0.05, 0) is 43.5 Å². The Labute approximate surface area is 116 Å². The molecule has 2 rings (SSSR count). The fourth-order valence-corrected chi connectivity index (χ4v) is 2.89. The summed E-state index contributed by atoms with van der Waals surface area (Å²) in [6, 6.07) is 10.8. The maximum Gasteiger partial charge on any atom is 0.0755 e. The summed E-state index contributed by atoms with van der Waals surface area (Å²) in [4.78, 5) is 2.26. The van der Waals surface area contributed by atoms with Crippen LogP contribution in [0, 0.1) is 11.8 Å². The van der Waals surface area contributed by atoms with E-state index in [1.165, 1.54) is 11.1 Å². The lowest BCUT2D eigenvalue weighted by Crippen LogP contribution is -2.31. The quantitative estimate of drug-likeness (QED) is 0.882. The Kier molecular flexibility index (Phi) is 4.43. The van der Waals surface area contributed by atoms with Gasteiger partial charge in [0.1, 0.15) is 0 Å². The fourth-order valence-electron chi connectivity index (χ4n) is 2.89. The smallest absolute Gasteiger partial charge is 0.0755 e. The van der Waals surface area contributed by atoms with Crippen molar-refractivity contribution in [1.29, 1.82) is 0 Å². The van der Waals surface area contributed by atoms with E-state index in [1.54, 1.807) is 0 Å². The Bertz CT molecular complexity index is 438. The van der Waals surface area contributed by atoms with Gasteiger partial charge in [-0.1, -0.05) is 50.3 Å². The Morgan fingerprint density at radius 1 is 1.11 bits per heavy atom. The molecular formula is C17H25NO. The van der Waals surface area contributed by atoms with Gasteiger partial charge in [0, 0.05) is 6.04 Å². The lowest BCUT2D eigenvalue weighted by atomic mass is 9.87. The van der Waals surface area contributed by atoms with Crippen molar-refractivity contribution in [2.24, 2.45) is 11.8 Å². The topological polar surface area (TPSA) is 23.5 Å². The summed E-state index contributed by atoms with van der Waals surface area (Å²) in [7, 11) is 4.24. The molecule has 104 valence electrons. The van der Waals surface area contributed by atoms with Gasteiger partial charge in [0.2, 0.25) is 0 Å². The summed E-state index contributed by atoms with van der Waals surface area (Å²) in [5, 5.41) is 10.4. The molecule has 0 heterocycles. The molecule has 0 aliphatic heterocycles. The number of nitrogens with zero attached hydrogens (tertiary/aromatic N) is 1. The minimum atomic E-state index is -0.352. The van der Waals surface area contributed by atoms with E-state index in [9.17, 15) is 5.11 Å². The number of likely N-dealkylation sites (N-methyl/N-ethyl adjacent to an activating group) is 1. The van der Waals surface area contributed by atoms with Gasteiger partial charge in [0.15, 0.2) is 0 Å². The van der Waals surface area contributed by atoms with Crippen LogP contribution >= 0.6 is 0 Å². The van der Waals surface area contributed by atoms with E-state index in [0.717, 1.165) is 6.42 Å². The molecule has 0 radical (unpaired) electrons. The first-order valence-electron chi connectivity index (χ1n) is 7.12. The Morgan fingerprint density at radius 2 is 1.74 bits per heavy atom. The SMILES string of the molecule is C[C@H]1[C@H](C)C[C@H](N(C)C)C(c2ccccc2)=C[C@@H]1O. The van der Waals surface area contributed by atoms with Gasteiger partial charge >= 0.3 is 0 Å². The molecule has 1 aromatic rings. The lowest BCUT2D eigenvalue weighted by Gasteiger charge is -2.29. The Morgan fingerprint density at radius 3 is 2.32 bits per heavy atom. The molecule has 1 aliphatic carbocycles. The molecule has 2 nitrogen and oxygen atoms in total. The molecule has 2 heteroatoms. The molecule has 0 unspecified atom stereocenters. The summed E-state index contributed by atoms with van der Waals surface area (Å²) >= 11 is 0. The van der Waals surface area contributed by atoms with Crippen molar-refractivity contribution in [2.45, 2.75) is 32.4 Å². The van der Waals surface area contributed by atoms with Crippen LogP contribution in [0.4, 0.5) is 0 Å². The molecule has 0 amide bonds. The van der Waals surface area contributed by atoms with E-state index < -0.39 is 0 Å².